The highest BCUT2D eigenvalue weighted by Crippen LogP contribution is 2.11. The van der Waals surface area contributed by atoms with Crippen molar-refractivity contribution < 1.29 is 18.3 Å². The highest BCUT2D eigenvalue weighted by atomic mass is 32.2. The first-order valence-electron chi connectivity index (χ1n) is 5.24. The molecule has 0 saturated carbocycles. The van der Waals surface area contributed by atoms with Crippen LogP contribution in [0.4, 0.5) is 0 Å². The van der Waals surface area contributed by atoms with Gasteiger partial charge in [-0.15, -0.1) is 0 Å². The molecule has 1 aromatic heterocycles. The Morgan fingerprint density at radius 2 is 2.28 bits per heavy atom. The molecule has 0 atom stereocenters. The van der Waals surface area contributed by atoms with E-state index in [0.717, 1.165) is 18.4 Å². The average molecular weight is 293 g/mol. The van der Waals surface area contributed by atoms with E-state index in [2.05, 4.69) is 14.9 Å². The standard InChI is InChI=1S/C9H15N3O4S2/c1-17-5-3-2-4-11-18(15,16)8-7(9(13)14)6-10-12-8/h6,11H,2-5H2,1H3,(H,10,12)(H,13,14). The minimum atomic E-state index is -3.84. The van der Waals surface area contributed by atoms with Crippen molar-refractivity contribution in [2.75, 3.05) is 18.6 Å². The normalized spacial score (nSPS) is 11.6. The maximum Gasteiger partial charge on any atom is 0.340 e. The lowest BCUT2D eigenvalue weighted by molar-refractivity contribution is 0.0692. The summed E-state index contributed by atoms with van der Waals surface area (Å²) in [5.41, 5.74) is -0.355. The number of nitrogens with zero attached hydrogens (tertiary/aromatic N) is 1. The molecule has 0 saturated heterocycles. The van der Waals surface area contributed by atoms with E-state index in [9.17, 15) is 13.2 Å². The second kappa shape index (κ2) is 6.76. The van der Waals surface area contributed by atoms with E-state index < -0.39 is 21.0 Å². The van der Waals surface area contributed by atoms with Crippen molar-refractivity contribution in [3.05, 3.63) is 11.8 Å². The molecular weight excluding hydrogens is 278 g/mol. The number of H-pyrrole nitrogens is 1. The number of hydrogen-bond acceptors (Lipinski definition) is 5. The Morgan fingerprint density at radius 3 is 2.89 bits per heavy atom. The lowest BCUT2D eigenvalue weighted by atomic mass is 10.3. The Kier molecular flexibility index (Phi) is 5.63. The highest BCUT2D eigenvalue weighted by Gasteiger charge is 2.24. The summed E-state index contributed by atoms with van der Waals surface area (Å²) in [5, 5.41) is 14.0. The predicted molar refractivity (Wildman–Crippen MR) is 68.4 cm³/mol. The van der Waals surface area contributed by atoms with Crippen LogP contribution in [0.1, 0.15) is 23.2 Å². The number of aromatic amines is 1. The SMILES string of the molecule is CSCCCCNS(=O)(=O)c1[nH]ncc1C(=O)O. The Bertz CT molecular complexity index is 498. The third kappa shape index (κ3) is 4.00. The van der Waals surface area contributed by atoms with Gasteiger partial charge in [-0.3, -0.25) is 5.10 Å². The monoisotopic (exact) mass is 293 g/mol. The minimum absolute atomic E-state index is 0.279. The zero-order valence-electron chi connectivity index (χ0n) is 9.84. The van der Waals surface area contributed by atoms with Crippen molar-refractivity contribution in [1.82, 2.24) is 14.9 Å². The molecule has 0 aliphatic heterocycles. The third-order valence-corrected chi connectivity index (χ3v) is 4.30. The van der Waals surface area contributed by atoms with Crippen LogP contribution in [0.2, 0.25) is 0 Å². The van der Waals surface area contributed by atoms with Gasteiger partial charge in [0.25, 0.3) is 10.0 Å². The van der Waals surface area contributed by atoms with Crippen molar-refractivity contribution in [1.29, 1.82) is 0 Å². The van der Waals surface area contributed by atoms with E-state index in [1.807, 2.05) is 6.26 Å². The molecule has 102 valence electrons. The van der Waals surface area contributed by atoms with Gasteiger partial charge in [0, 0.05) is 6.54 Å². The summed E-state index contributed by atoms with van der Waals surface area (Å²) in [6.45, 7) is 0.279. The molecule has 7 nitrogen and oxygen atoms in total. The van der Waals surface area contributed by atoms with Gasteiger partial charge < -0.3 is 5.11 Å². The molecule has 0 radical (unpaired) electrons. The number of sulfonamides is 1. The molecule has 0 spiro atoms. The molecule has 1 heterocycles. The topological polar surface area (TPSA) is 112 Å². The largest absolute Gasteiger partial charge is 0.478 e. The third-order valence-electron chi connectivity index (χ3n) is 2.17. The van der Waals surface area contributed by atoms with Crippen LogP contribution in [-0.2, 0) is 10.0 Å². The quantitative estimate of drug-likeness (QED) is 0.603. The molecule has 0 aliphatic carbocycles. The number of rotatable bonds is 8. The lowest BCUT2D eigenvalue weighted by Gasteiger charge is -2.05. The molecule has 1 rings (SSSR count). The fourth-order valence-electron chi connectivity index (χ4n) is 1.28. The molecule has 18 heavy (non-hydrogen) atoms. The summed E-state index contributed by atoms with van der Waals surface area (Å²) in [5.74, 6) is -0.363. The van der Waals surface area contributed by atoms with Gasteiger partial charge in [-0.05, 0) is 24.9 Å². The van der Waals surface area contributed by atoms with Crippen LogP contribution in [0.5, 0.6) is 0 Å². The van der Waals surface area contributed by atoms with Crippen molar-refractivity contribution in [3.63, 3.8) is 0 Å². The summed E-state index contributed by atoms with van der Waals surface area (Å²) < 4.78 is 25.9. The number of carbonyl (C=O) groups is 1. The smallest absolute Gasteiger partial charge is 0.340 e. The van der Waals surface area contributed by atoms with Gasteiger partial charge in [0.2, 0.25) is 0 Å². The highest BCUT2D eigenvalue weighted by molar-refractivity contribution is 7.98. The molecule has 0 bridgehead atoms. The van der Waals surface area contributed by atoms with Crippen molar-refractivity contribution >= 4 is 27.8 Å². The van der Waals surface area contributed by atoms with Crippen LogP contribution < -0.4 is 4.72 Å². The second-order valence-electron chi connectivity index (χ2n) is 3.52. The summed E-state index contributed by atoms with van der Waals surface area (Å²) >= 11 is 1.69. The Labute approximate surface area is 109 Å². The molecule has 0 amide bonds. The van der Waals surface area contributed by atoms with Crippen LogP contribution in [-0.4, -0.2) is 48.2 Å². The summed E-state index contributed by atoms with van der Waals surface area (Å²) in [7, 11) is -3.84. The van der Waals surface area contributed by atoms with Crippen LogP contribution in [0.3, 0.4) is 0 Å². The molecule has 9 heteroatoms. The van der Waals surface area contributed by atoms with Gasteiger partial charge in [-0.25, -0.2) is 17.9 Å². The molecular formula is C9H15N3O4S2. The zero-order valence-corrected chi connectivity index (χ0v) is 11.5. The number of unbranched alkanes of at least 4 members (excludes halogenated alkanes) is 1. The predicted octanol–water partition coefficient (Wildman–Crippen LogP) is 0.529. The van der Waals surface area contributed by atoms with E-state index >= 15 is 0 Å². The summed E-state index contributed by atoms with van der Waals surface area (Å²) in [6.07, 6.45) is 4.56. The average Bonchev–Trinajstić information content (AvgIpc) is 2.78. The van der Waals surface area contributed by atoms with Crippen LogP contribution in [0.25, 0.3) is 0 Å². The number of thioether (sulfide) groups is 1. The lowest BCUT2D eigenvalue weighted by Crippen LogP contribution is -2.26. The number of hydrogen-bond donors (Lipinski definition) is 3. The van der Waals surface area contributed by atoms with Crippen molar-refractivity contribution in [2.24, 2.45) is 0 Å². The summed E-state index contributed by atoms with van der Waals surface area (Å²) in [6, 6.07) is 0. The van der Waals surface area contributed by atoms with Gasteiger partial charge in [-0.2, -0.15) is 16.9 Å². The number of aromatic carboxylic acids is 1. The van der Waals surface area contributed by atoms with E-state index in [-0.39, 0.29) is 12.1 Å². The zero-order chi connectivity index (χ0) is 13.6. The Balaban J connectivity index is 2.63. The van der Waals surface area contributed by atoms with Crippen molar-refractivity contribution in [2.45, 2.75) is 17.9 Å². The van der Waals surface area contributed by atoms with Gasteiger partial charge in [-0.1, -0.05) is 0 Å². The maximum absolute atomic E-state index is 11.8. The Morgan fingerprint density at radius 1 is 1.56 bits per heavy atom. The fraction of sp³-hybridized carbons (Fsp3) is 0.556. The first kappa shape index (κ1) is 15.0. The molecule has 0 aromatic carbocycles. The van der Waals surface area contributed by atoms with Gasteiger partial charge in [0.15, 0.2) is 5.03 Å². The molecule has 0 fully saturated rings. The molecule has 3 N–H and O–H groups in total. The first-order chi connectivity index (χ1) is 8.49. The van der Waals surface area contributed by atoms with E-state index in [1.165, 1.54) is 0 Å². The number of nitrogens with one attached hydrogen (secondary N) is 2. The Hall–Kier alpha value is -1.06. The second-order valence-corrected chi connectivity index (χ2v) is 6.21. The summed E-state index contributed by atoms with van der Waals surface area (Å²) in [4.78, 5) is 10.8. The van der Waals surface area contributed by atoms with Crippen LogP contribution >= 0.6 is 11.8 Å². The van der Waals surface area contributed by atoms with Crippen LogP contribution in [0, 0.1) is 0 Å². The molecule has 0 aliphatic rings. The minimum Gasteiger partial charge on any atom is -0.478 e. The van der Waals surface area contributed by atoms with Crippen molar-refractivity contribution in [3.8, 4) is 0 Å². The first-order valence-corrected chi connectivity index (χ1v) is 8.12. The van der Waals surface area contributed by atoms with Gasteiger partial charge >= 0.3 is 5.97 Å². The maximum atomic E-state index is 11.8. The van der Waals surface area contributed by atoms with Gasteiger partial charge in [0.1, 0.15) is 5.56 Å². The molecule has 1 aromatic rings. The van der Waals surface area contributed by atoms with Gasteiger partial charge in [0.05, 0.1) is 6.20 Å². The fourth-order valence-corrected chi connectivity index (χ4v) is 2.93. The van der Waals surface area contributed by atoms with Crippen LogP contribution in [0.15, 0.2) is 11.2 Å². The number of carboxylic acids is 1. The van der Waals surface area contributed by atoms with E-state index in [1.54, 1.807) is 11.8 Å². The molecule has 0 unspecified atom stereocenters. The number of carboxylic acid groups (broad SMARTS) is 1. The van der Waals surface area contributed by atoms with E-state index in [4.69, 9.17) is 5.11 Å². The number of aromatic nitrogens is 2. The van der Waals surface area contributed by atoms with E-state index in [0.29, 0.717) is 6.42 Å².